The van der Waals surface area contributed by atoms with Crippen molar-refractivity contribution >= 4 is 17.6 Å². The van der Waals surface area contributed by atoms with Crippen molar-refractivity contribution in [2.24, 2.45) is 11.8 Å². The fourth-order valence-electron chi connectivity index (χ4n) is 5.92. The van der Waals surface area contributed by atoms with E-state index in [9.17, 15) is 9.59 Å². The molecule has 1 amide bonds. The second-order valence-electron chi connectivity index (χ2n) is 8.51. The topological polar surface area (TPSA) is 77.1 Å². The molecule has 0 radical (unpaired) electrons. The first-order valence-electron chi connectivity index (χ1n) is 10.2. The number of amides is 1. The zero-order valence-corrected chi connectivity index (χ0v) is 16.9. The highest BCUT2D eigenvalue weighted by Gasteiger charge is 2.61. The van der Waals surface area contributed by atoms with Gasteiger partial charge in [-0.3, -0.25) is 9.69 Å². The molecule has 2 saturated heterocycles. The number of hydrogen-bond acceptors (Lipinski definition) is 6. The molecule has 1 aromatic rings. The number of carbonyl (C=O) groups is 2. The van der Waals surface area contributed by atoms with Gasteiger partial charge in [0.1, 0.15) is 5.75 Å². The van der Waals surface area contributed by atoms with Crippen molar-refractivity contribution in [3.8, 4) is 5.75 Å². The van der Waals surface area contributed by atoms with Crippen LogP contribution in [0.1, 0.15) is 25.3 Å². The maximum atomic E-state index is 13.3. The summed E-state index contributed by atoms with van der Waals surface area (Å²) in [6.07, 6.45) is 3.08. The van der Waals surface area contributed by atoms with E-state index < -0.39 is 5.41 Å². The molecular formula is C22H26N2O5. The summed E-state index contributed by atoms with van der Waals surface area (Å²) in [7, 11) is 3.04. The number of anilines is 1. The number of methoxy groups -OCH3 is 2. The zero-order valence-electron chi connectivity index (χ0n) is 16.9. The van der Waals surface area contributed by atoms with Crippen LogP contribution in [0.3, 0.4) is 0 Å². The number of fused-ring (bicyclic) bond motifs is 5. The number of hydrogen-bond donors (Lipinski definition) is 1. The summed E-state index contributed by atoms with van der Waals surface area (Å²) in [5.41, 5.74) is 1.85. The van der Waals surface area contributed by atoms with Crippen molar-refractivity contribution in [2.45, 2.75) is 37.3 Å². The van der Waals surface area contributed by atoms with Gasteiger partial charge in [-0.2, -0.15) is 0 Å². The first-order valence-corrected chi connectivity index (χ1v) is 10.2. The first kappa shape index (κ1) is 18.5. The highest BCUT2D eigenvalue weighted by molar-refractivity contribution is 6.07. The van der Waals surface area contributed by atoms with Gasteiger partial charge in [-0.25, -0.2) is 4.79 Å². The SMILES string of the molecule is COC(=O)C1=CO[C@@H](C)[C@H]2CN3CC[C@@]4(C(=O)Nc5ccc(OC)cc54)[C@@H]3C[C@H]12. The lowest BCUT2D eigenvalue weighted by atomic mass is 9.66. The van der Waals surface area contributed by atoms with Crippen LogP contribution in [0.25, 0.3) is 0 Å². The van der Waals surface area contributed by atoms with Crippen molar-refractivity contribution < 1.29 is 23.8 Å². The Bertz CT molecular complexity index is 912. The van der Waals surface area contributed by atoms with Gasteiger partial charge in [-0.1, -0.05) is 0 Å². The molecule has 29 heavy (non-hydrogen) atoms. The Kier molecular flexibility index (Phi) is 4.13. The summed E-state index contributed by atoms with van der Waals surface area (Å²) in [5, 5.41) is 3.09. The number of rotatable bonds is 2. The molecule has 1 spiro atoms. The van der Waals surface area contributed by atoms with E-state index in [1.165, 1.54) is 7.11 Å². The van der Waals surface area contributed by atoms with E-state index in [1.54, 1.807) is 13.4 Å². The molecule has 7 nitrogen and oxygen atoms in total. The van der Waals surface area contributed by atoms with Gasteiger partial charge < -0.3 is 19.5 Å². The summed E-state index contributed by atoms with van der Waals surface area (Å²) < 4.78 is 16.2. The molecule has 5 rings (SSSR count). The number of ether oxygens (including phenoxy) is 3. The van der Waals surface area contributed by atoms with Gasteiger partial charge in [0.2, 0.25) is 5.91 Å². The third-order valence-corrected chi connectivity index (χ3v) is 7.44. The Morgan fingerprint density at radius 2 is 2.17 bits per heavy atom. The molecule has 0 aromatic heterocycles. The molecule has 4 heterocycles. The predicted octanol–water partition coefficient (Wildman–Crippen LogP) is 2.07. The number of benzene rings is 1. The van der Waals surface area contributed by atoms with Crippen molar-refractivity contribution in [1.82, 2.24) is 4.90 Å². The molecule has 2 fully saturated rings. The highest BCUT2D eigenvalue weighted by Crippen LogP contribution is 2.54. The Hall–Kier alpha value is -2.54. The van der Waals surface area contributed by atoms with Crippen LogP contribution in [-0.2, 0) is 24.5 Å². The van der Waals surface area contributed by atoms with Crippen molar-refractivity contribution in [3.05, 3.63) is 35.6 Å². The van der Waals surface area contributed by atoms with Crippen LogP contribution in [0.5, 0.6) is 5.75 Å². The summed E-state index contributed by atoms with van der Waals surface area (Å²) in [6.45, 7) is 3.71. The molecule has 0 aliphatic carbocycles. The lowest BCUT2D eigenvalue weighted by Crippen LogP contribution is -2.56. The van der Waals surface area contributed by atoms with Gasteiger partial charge in [-0.05, 0) is 50.1 Å². The lowest BCUT2D eigenvalue weighted by molar-refractivity contribution is -0.139. The summed E-state index contributed by atoms with van der Waals surface area (Å²) in [4.78, 5) is 28.1. The Morgan fingerprint density at radius 1 is 1.34 bits per heavy atom. The Morgan fingerprint density at radius 3 is 2.93 bits per heavy atom. The number of carbonyl (C=O) groups excluding carboxylic acids is 2. The van der Waals surface area contributed by atoms with E-state index >= 15 is 0 Å². The third-order valence-electron chi connectivity index (χ3n) is 7.44. The number of nitrogens with one attached hydrogen (secondary N) is 1. The van der Waals surface area contributed by atoms with E-state index in [0.29, 0.717) is 5.57 Å². The fraction of sp³-hybridized carbons (Fsp3) is 0.545. The Balaban J connectivity index is 1.56. The van der Waals surface area contributed by atoms with Crippen LogP contribution in [0.2, 0.25) is 0 Å². The molecule has 7 heteroatoms. The molecule has 0 saturated carbocycles. The van der Waals surface area contributed by atoms with E-state index in [0.717, 1.165) is 42.9 Å². The second-order valence-corrected chi connectivity index (χ2v) is 8.51. The third kappa shape index (κ3) is 2.46. The van der Waals surface area contributed by atoms with Crippen molar-refractivity contribution in [2.75, 3.05) is 32.6 Å². The zero-order chi connectivity index (χ0) is 20.3. The lowest BCUT2D eigenvalue weighted by Gasteiger charge is -2.48. The fourth-order valence-corrected chi connectivity index (χ4v) is 5.92. The number of esters is 1. The molecular weight excluding hydrogens is 372 g/mol. The minimum Gasteiger partial charge on any atom is -0.497 e. The first-order chi connectivity index (χ1) is 14.0. The minimum atomic E-state index is -0.613. The van der Waals surface area contributed by atoms with Crippen molar-refractivity contribution in [1.29, 1.82) is 0 Å². The van der Waals surface area contributed by atoms with Crippen molar-refractivity contribution in [3.63, 3.8) is 0 Å². The largest absolute Gasteiger partial charge is 0.497 e. The molecule has 0 bridgehead atoms. The van der Waals surface area contributed by atoms with Crippen LogP contribution in [0.4, 0.5) is 5.69 Å². The van der Waals surface area contributed by atoms with Crippen LogP contribution in [-0.4, -0.2) is 56.2 Å². The molecule has 154 valence electrons. The van der Waals surface area contributed by atoms with E-state index in [-0.39, 0.29) is 35.9 Å². The van der Waals surface area contributed by atoms with Crippen LogP contribution >= 0.6 is 0 Å². The molecule has 1 N–H and O–H groups in total. The highest BCUT2D eigenvalue weighted by atomic mass is 16.5. The summed E-state index contributed by atoms with van der Waals surface area (Å²) in [5.74, 6) is 0.682. The maximum absolute atomic E-state index is 13.3. The maximum Gasteiger partial charge on any atom is 0.337 e. The summed E-state index contributed by atoms with van der Waals surface area (Å²) in [6, 6.07) is 5.81. The molecule has 4 aliphatic heterocycles. The second kappa shape index (κ2) is 6.49. The Labute approximate surface area is 170 Å². The molecule has 1 aromatic carbocycles. The molecule has 5 atom stereocenters. The van der Waals surface area contributed by atoms with Gasteiger partial charge in [0.05, 0.1) is 37.6 Å². The smallest absolute Gasteiger partial charge is 0.337 e. The summed E-state index contributed by atoms with van der Waals surface area (Å²) >= 11 is 0. The van der Waals surface area contributed by atoms with Gasteiger partial charge in [0.15, 0.2) is 0 Å². The van der Waals surface area contributed by atoms with E-state index in [2.05, 4.69) is 17.1 Å². The minimum absolute atomic E-state index is 0.0184. The van der Waals surface area contributed by atoms with Gasteiger partial charge in [-0.15, -0.1) is 0 Å². The van der Waals surface area contributed by atoms with E-state index in [1.807, 2.05) is 18.2 Å². The standard InChI is InChI=1S/C22H26N2O5/c1-12-15-10-24-7-6-22(17-8-13(27-2)4-5-18(17)23-21(22)26)19(24)9-14(15)16(11-29-12)20(25)28-3/h4-5,8,11-12,14-15,19H,6-7,9-10H2,1-3H3,(H,23,26)/t12-,14-,15+,19-,22-/m0/s1. The average molecular weight is 398 g/mol. The number of nitrogens with zero attached hydrogens (tertiary/aromatic N) is 1. The normalized spacial score (nSPS) is 35.1. The van der Waals surface area contributed by atoms with E-state index in [4.69, 9.17) is 14.2 Å². The molecule has 4 aliphatic rings. The number of piperidine rings is 1. The molecule has 0 unspecified atom stereocenters. The van der Waals surface area contributed by atoms with Gasteiger partial charge in [0, 0.05) is 30.1 Å². The monoisotopic (exact) mass is 398 g/mol. The van der Waals surface area contributed by atoms with Gasteiger partial charge in [0.25, 0.3) is 0 Å². The quantitative estimate of drug-likeness (QED) is 0.769. The average Bonchev–Trinajstić information content (AvgIpc) is 3.25. The van der Waals surface area contributed by atoms with Gasteiger partial charge >= 0.3 is 5.97 Å². The van der Waals surface area contributed by atoms with Crippen LogP contribution in [0.15, 0.2) is 30.0 Å². The predicted molar refractivity (Wildman–Crippen MR) is 106 cm³/mol. The van der Waals surface area contributed by atoms with Crippen LogP contribution < -0.4 is 10.1 Å². The van der Waals surface area contributed by atoms with Crippen LogP contribution in [0, 0.1) is 11.8 Å².